The van der Waals surface area contributed by atoms with Gasteiger partial charge in [-0.3, -0.25) is 9.36 Å². The molecule has 2 aromatic carbocycles. The van der Waals surface area contributed by atoms with Gasteiger partial charge in [-0.2, -0.15) is 0 Å². The maximum absolute atomic E-state index is 13.3. The van der Waals surface area contributed by atoms with E-state index in [1.165, 1.54) is 23.9 Å². The summed E-state index contributed by atoms with van der Waals surface area (Å²) in [6.07, 6.45) is 1.61. The van der Waals surface area contributed by atoms with Crippen LogP contribution >= 0.6 is 11.8 Å². The first-order chi connectivity index (χ1) is 12.1. The van der Waals surface area contributed by atoms with Crippen LogP contribution in [-0.4, -0.2) is 26.3 Å². The Morgan fingerprint density at radius 2 is 2.04 bits per heavy atom. The fraction of sp³-hybridized carbons (Fsp3) is 0.111. The third-order valence-electron chi connectivity index (χ3n) is 3.97. The minimum Gasteiger partial charge on any atom is -0.508 e. The lowest BCUT2D eigenvalue weighted by Gasteiger charge is -2.18. The number of imidazole rings is 1. The summed E-state index contributed by atoms with van der Waals surface area (Å²) in [6.45, 7) is 0. The molecule has 1 amide bonds. The number of carbonyl (C=O) groups excluding carboxylic acids is 1. The topological polar surface area (TPSA) is 67.1 Å². The molecule has 0 fully saturated rings. The molecule has 0 radical (unpaired) electrons. The highest BCUT2D eigenvalue weighted by Crippen LogP contribution is 2.42. The lowest BCUT2D eigenvalue weighted by Crippen LogP contribution is -2.12. The second-order valence-electron chi connectivity index (χ2n) is 5.66. The quantitative estimate of drug-likeness (QED) is 0.738. The van der Waals surface area contributed by atoms with Crippen molar-refractivity contribution < 1.29 is 14.3 Å². The van der Waals surface area contributed by atoms with E-state index in [0.717, 1.165) is 16.9 Å². The van der Waals surface area contributed by atoms with Gasteiger partial charge in [0, 0.05) is 5.69 Å². The Morgan fingerprint density at radius 1 is 1.24 bits per heavy atom. The number of aromatic hydroxyl groups is 1. The van der Waals surface area contributed by atoms with E-state index in [9.17, 15) is 14.3 Å². The predicted octanol–water partition coefficient (Wildman–Crippen LogP) is 3.49. The number of rotatable bonds is 2. The number of nitrogens with zero attached hydrogens (tertiary/aromatic N) is 2. The van der Waals surface area contributed by atoms with Gasteiger partial charge in [0.15, 0.2) is 5.82 Å². The highest BCUT2D eigenvalue weighted by Gasteiger charge is 2.29. The van der Waals surface area contributed by atoms with Gasteiger partial charge < -0.3 is 10.4 Å². The summed E-state index contributed by atoms with van der Waals surface area (Å²) in [4.78, 5) is 16.3. The Morgan fingerprint density at radius 3 is 2.80 bits per heavy atom. The van der Waals surface area contributed by atoms with E-state index in [1.54, 1.807) is 36.7 Å². The highest BCUT2D eigenvalue weighted by molar-refractivity contribution is 8.00. The highest BCUT2D eigenvalue weighted by atomic mass is 32.2. The van der Waals surface area contributed by atoms with Gasteiger partial charge in [0.1, 0.15) is 17.9 Å². The number of nitrogens with one attached hydrogen (secondary N) is 1. The molecule has 3 aromatic rings. The SMILES string of the molecule is O=C1CS[C@H](c2cccc(O)c2)c2c(ncn2-c2ccc(F)cc2)N1. The number of hydrogen-bond acceptors (Lipinski definition) is 4. The summed E-state index contributed by atoms with van der Waals surface area (Å²) in [5.41, 5.74) is 2.40. The van der Waals surface area contributed by atoms with Gasteiger partial charge >= 0.3 is 0 Å². The van der Waals surface area contributed by atoms with E-state index in [4.69, 9.17) is 0 Å². The van der Waals surface area contributed by atoms with Crippen LogP contribution in [0.25, 0.3) is 5.69 Å². The largest absolute Gasteiger partial charge is 0.508 e. The minimum atomic E-state index is -0.317. The van der Waals surface area contributed by atoms with E-state index in [2.05, 4.69) is 10.3 Å². The van der Waals surface area contributed by atoms with E-state index < -0.39 is 0 Å². The summed E-state index contributed by atoms with van der Waals surface area (Å²) in [5, 5.41) is 12.4. The number of carbonyl (C=O) groups is 1. The third kappa shape index (κ3) is 2.98. The first-order valence-corrected chi connectivity index (χ1v) is 8.70. The number of phenolic OH excluding ortho intramolecular Hbond substituents is 1. The second-order valence-corrected chi connectivity index (χ2v) is 6.75. The molecule has 4 rings (SSSR count). The first kappa shape index (κ1) is 15.7. The van der Waals surface area contributed by atoms with Crippen molar-refractivity contribution in [1.29, 1.82) is 0 Å². The second kappa shape index (κ2) is 6.25. The molecule has 0 aliphatic carbocycles. The molecular weight excluding hydrogens is 341 g/mol. The van der Waals surface area contributed by atoms with Crippen LogP contribution in [0.1, 0.15) is 16.5 Å². The molecule has 0 unspecified atom stereocenters. The maximum atomic E-state index is 13.3. The molecule has 25 heavy (non-hydrogen) atoms. The lowest BCUT2D eigenvalue weighted by molar-refractivity contribution is -0.113. The lowest BCUT2D eigenvalue weighted by atomic mass is 10.1. The normalized spacial score (nSPS) is 16.8. The molecule has 2 N–H and O–H groups in total. The van der Waals surface area contributed by atoms with Gasteiger partial charge in [0.2, 0.25) is 5.91 Å². The Balaban J connectivity index is 1.88. The van der Waals surface area contributed by atoms with Crippen LogP contribution in [0.5, 0.6) is 5.75 Å². The molecule has 1 aliphatic heterocycles. The van der Waals surface area contributed by atoms with E-state index in [1.807, 2.05) is 10.6 Å². The van der Waals surface area contributed by atoms with E-state index >= 15 is 0 Å². The van der Waals surface area contributed by atoms with Crippen LogP contribution in [0, 0.1) is 5.82 Å². The standard InChI is InChI=1S/C18H14FN3O2S/c19-12-4-6-13(7-5-12)22-10-20-18-16(22)17(25-9-15(24)21-18)11-2-1-3-14(23)8-11/h1-8,10,17,23H,9H2,(H,21,24)/t17-/m1/s1. The zero-order chi connectivity index (χ0) is 17.4. The van der Waals surface area contributed by atoms with Crippen LogP contribution in [0.2, 0.25) is 0 Å². The summed E-state index contributed by atoms with van der Waals surface area (Å²) in [5.74, 6) is 0.476. The summed E-state index contributed by atoms with van der Waals surface area (Å²) in [6, 6.07) is 13.0. The summed E-state index contributed by atoms with van der Waals surface area (Å²) >= 11 is 1.46. The van der Waals surface area contributed by atoms with Crippen molar-refractivity contribution in [2.75, 3.05) is 11.1 Å². The zero-order valence-electron chi connectivity index (χ0n) is 13.0. The van der Waals surface area contributed by atoms with Crippen LogP contribution in [-0.2, 0) is 4.79 Å². The molecule has 0 spiro atoms. The number of thioether (sulfide) groups is 1. The molecule has 1 aliphatic rings. The predicted molar refractivity (Wildman–Crippen MR) is 94.6 cm³/mol. The summed E-state index contributed by atoms with van der Waals surface area (Å²) < 4.78 is 15.1. The van der Waals surface area contributed by atoms with Gasteiger partial charge in [0.25, 0.3) is 0 Å². The Bertz CT molecular complexity index is 940. The molecule has 1 atom stereocenters. The number of hydrogen-bond donors (Lipinski definition) is 2. The van der Waals surface area contributed by atoms with Crippen LogP contribution < -0.4 is 5.32 Å². The fourth-order valence-corrected chi connectivity index (χ4v) is 3.97. The molecule has 126 valence electrons. The van der Waals surface area contributed by atoms with Gasteiger partial charge in [-0.15, -0.1) is 11.8 Å². The summed E-state index contributed by atoms with van der Waals surface area (Å²) in [7, 11) is 0. The molecule has 7 heteroatoms. The van der Waals surface area contributed by atoms with Gasteiger partial charge in [0.05, 0.1) is 16.7 Å². The first-order valence-electron chi connectivity index (χ1n) is 7.65. The zero-order valence-corrected chi connectivity index (χ0v) is 13.8. The Labute approximate surface area is 147 Å². The number of anilines is 1. The van der Waals surface area contributed by atoms with Crippen molar-refractivity contribution in [2.24, 2.45) is 0 Å². The Hall–Kier alpha value is -2.80. The van der Waals surface area contributed by atoms with Crippen LogP contribution in [0.3, 0.4) is 0 Å². The fourth-order valence-electron chi connectivity index (χ4n) is 2.86. The average Bonchev–Trinajstić information content (AvgIpc) is 2.91. The molecule has 0 saturated heterocycles. The van der Waals surface area contributed by atoms with Crippen LogP contribution in [0.15, 0.2) is 54.9 Å². The number of fused-ring (bicyclic) bond motifs is 1. The van der Waals surface area contributed by atoms with Crippen molar-refractivity contribution in [1.82, 2.24) is 9.55 Å². The van der Waals surface area contributed by atoms with E-state index in [-0.39, 0.29) is 28.5 Å². The van der Waals surface area contributed by atoms with Gasteiger partial charge in [-0.1, -0.05) is 12.1 Å². The average molecular weight is 355 g/mol. The minimum absolute atomic E-state index is 0.127. The molecule has 0 bridgehead atoms. The van der Waals surface area contributed by atoms with Crippen molar-refractivity contribution in [3.8, 4) is 11.4 Å². The maximum Gasteiger partial charge on any atom is 0.235 e. The molecular formula is C18H14FN3O2S. The molecule has 5 nitrogen and oxygen atoms in total. The van der Waals surface area contributed by atoms with Crippen LogP contribution in [0.4, 0.5) is 10.2 Å². The van der Waals surface area contributed by atoms with Gasteiger partial charge in [-0.05, 0) is 42.0 Å². The monoisotopic (exact) mass is 355 g/mol. The van der Waals surface area contributed by atoms with Crippen molar-refractivity contribution in [3.05, 3.63) is 71.9 Å². The number of aromatic nitrogens is 2. The number of benzene rings is 2. The van der Waals surface area contributed by atoms with Crippen molar-refractivity contribution in [2.45, 2.75) is 5.25 Å². The van der Waals surface area contributed by atoms with Crippen molar-refractivity contribution >= 4 is 23.5 Å². The molecule has 1 aromatic heterocycles. The number of amides is 1. The third-order valence-corrected chi connectivity index (χ3v) is 5.23. The number of halogens is 1. The molecule has 2 heterocycles. The number of phenols is 1. The smallest absolute Gasteiger partial charge is 0.235 e. The molecule has 0 saturated carbocycles. The van der Waals surface area contributed by atoms with Gasteiger partial charge in [-0.25, -0.2) is 9.37 Å². The Kier molecular flexibility index (Phi) is 3.93. The van der Waals surface area contributed by atoms with Crippen molar-refractivity contribution in [3.63, 3.8) is 0 Å². The van der Waals surface area contributed by atoms with E-state index in [0.29, 0.717) is 5.82 Å².